The minimum absolute atomic E-state index is 0.300. The van der Waals surface area contributed by atoms with Gasteiger partial charge in [0.1, 0.15) is 23.9 Å². The largest absolute Gasteiger partial charge is 0.488 e. The molecule has 0 aliphatic rings. The highest BCUT2D eigenvalue weighted by Crippen LogP contribution is 2.19. The molecular weight excluding hydrogens is 414 g/mol. The molecule has 0 radical (unpaired) electrons. The van der Waals surface area contributed by atoms with Crippen LogP contribution in [0.1, 0.15) is 24.1 Å². The number of nitrogens with one attached hydrogen (secondary N) is 1. The van der Waals surface area contributed by atoms with Gasteiger partial charge >= 0.3 is 0 Å². The third-order valence-electron chi connectivity index (χ3n) is 4.73. The lowest BCUT2D eigenvalue weighted by molar-refractivity contribution is -0.124. The molecule has 1 aromatic heterocycles. The molecule has 0 bridgehead atoms. The van der Waals surface area contributed by atoms with Crippen molar-refractivity contribution in [2.45, 2.75) is 19.6 Å². The fourth-order valence-corrected chi connectivity index (χ4v) is 3.13. The third kappa shape index (κ3) is 4.90. The lowest BCUT2D eigenvalue weighted by Gasteiger charge is -2.11. The predicted molar refractivity (Wildman–Crippen MR) is 120 cm³/mol. The number of rotatable bonds is 7. The van der Waals surface area contributed by atoms with Gasteiger partial charge in [0.2, 0.25) is 0 Å². The monoisotopic (exact) mass is 433 g/mol. The molecule has 1 heterocycles. The summed E-state index contributed by atoms with van der Waals surface area (Å²) in [6.45, 7) is 2.14. The molecule has 0 aliphatic heterocycles. The molecule has 8 heteroatoms. The van der Waals surface area contributed by atoms with E-state index in [-0.39, 0.29) is 5.91 Å². The molecule has 31 heavy (non-hydrogen) atoms. The number of halogens is 1. The van der Waals surface area contributed by atoms with E-state index in [9.17, 15) is 4.79 Å². The summed E-state index contributed by atoms with van der Waals surface area (Å²) in [5.74, 6) is 0.359. The van der Waals surface area contributed by atoms with Crippen LogP contribution >= 0.6 is 11.6 Å². The summed E-state index contributed by atoms with van der Waals surface area (Å²) in [5, 5.41) is 12.9. The highest BCUT2D eigenvalue weighted by molar-refractivity contribution is 6.30. The number of carbonyl (C=O) groups is 1. The molecule has 1 atom stereocenters. The molecule has 0 spiro atoms. The molecule has 4 aromatic rings. The van der Waals surface area contributed by atoms with Gasteiger partial charge in [-0.05, 0) is 48.9 Å². The molecule has 0 fully saturated rings. The first kappa shape index (κ1) is 20.6. The first-order valence-corrected chi connectivity index (χ1v) is 10.1. The Hall–Kier alpha value is -3.71. The van der Waals surface area contributed by atoms with Gasteiger partial charge in [-0.2, -0.15) is 5.10 Å². The van der Waals surface area contributed by atoms with Crippen LogP contribution in [0.25, 0.3) is 11.0 Å². The van der Waals surface area contributed by atoms with Crippen molar-refractivity contribution in [1.82, 2.24) is 20.4 Å². The van der Waals surface area contributed by atoms with E-state index in [0.717, 1.165) is 22.2 Å². The van der Waals surface area contributed by atoms with E-state index in [1.807, 2.05) is 72.8 Å². The SMILES string of the molecule is CC(C(=O)N/N=C/c1ccccc1OCc1ccc(Cl)cc1)n1nnc2ccccc21. The Morgan fingerprint density at radius 3 is 2.71 bits per heavy atom. The smallest absolute Gasteiger partial charge is 0.264 e. The third-order valence-corrected chi connectivity index (χ3v) is 4.98. The Morgan fingerprint density at radius 1 is 1.13 bits per heavy atom. The van der Waals surface area contributed by atoms with Gasteiger partial charge in [0, 0.05) is 10.6 Å². The van der Waals surface area contributed by atoms with E-state index in [0.29, 0.717) is 17.4 Å². The molecule has 0 saturated heterocycles. The van der Waals surface area contributed by atoms with Gasteiger partial charge in [0.25, 0.3) is 5.91 Å². The molecule has 156 valence electrons. The van der Waals surface area contributed by atoms with Crippen molar-refractivity contribution in [2.24, 2.45) is 5.10 Å². The van der Waals surface area contributed by atoms with Crippen LogP contribution in [0.2, 0.25) is 5.02 Å². The Bertz CT molecular complexity index is 1220. The fraction of sp³-hybridized carbons (Fsp3) is 0.130. The van der Waals surface area contributed by atoms with Crippen molar-refractivity contribution in [3.05, 3.63) is 88.9 Å². The summed E-state index contributed by atoms with van der Waals surface area (Å²) >= 11 is 5.92. The number of aromatic nitrogens is 3. The predicted octanol–water partition coefficient (Wildman–Crippen LogP) is 4.38. The minimum atomic E-state index is -0.569. The zero-order valence-electron chi connectivity index (χ0n) is 16.8. The number of hydrazone groups is 1. The topological polar surface area (TPSA) is 81.4 Å². The summed E-state index contributed by atoms with van der Waals surface area (Å²) in [6, 6.07) is 21.8. The van der Waals surface area contributed by atoms with E-state index in [2.05, 4.69) is 20.8 Å². The zero-order chi connectivity index (χ0) is 21.6. The van der Waals surface area contributed by atoms with Gasteiger partial charge in [0.15, 0.2) is 0 Å². The highest BCUT2D eigenvalue weighted by Gasteiger charge is 2.18. The number of hydrogen-bond acceptors (Lipinski definition) is 5. The summed E-state index contributed by atoms with van der Waals surface area (Å²) < 4.78 is 7.48. The van der Waals surface area contributed by atoms with Crippen LogP contribution < -0.4 is 10.2 Å². The highest BCUT2D eigenvalue weighted by atomic mass is 35.5. The van der Waals surface area contributed by atoms with Crippen molar-refractivity contribution in [3.63, 3.8) is 0 Å². The number of para-hydroxylation sites is 2. The van der Waals surface area contributed by atoms with E-state index in [1.54, 1.807) is 17.8 Å². The van der Waals surface area contributed by atoms with Gasteiger partial charge in [0.05, 0.1) is 11.7 Å². The maximum absolute atomic E-state index is 12.5. The van der Waals surface area contributed by atoms with E-state index < -0.39 is 6.04 Å². The van der Waals surface area contributed by atoms with E-state index in [1.165, 1.54) is 0 Å². The van der Waals surface area contributed by atoms with Crippen LogP contribution in [-0.4, -0.2) is 27.1 Å². The molecule has 1 amide bonds. The minimum Gasteiger partial charge on any atom is -0.488 e. The number of carbonyl (C=O) groups excluding carboxylic acids is 1. The summed E-state index contributed by atoms with van der Waals surface area (Å²) in [6.07, 6.45) is 1.56. The number of ether oxygens (including phenoxy) is 1. The Kier molecular flexibility index (Phi) is 6.24. The standard InChI is InChI=1S/C23H20ClN5O2/c1-16(29-21-8-4-3-7-20(21)26-28-29)23(30)27-25-14-18-6-2-5-9-22(18)31-15-17-10-12-19(24)13-11-17/h2-14,16H,15H2,1H3,(H,27,30)/b25-14+. The molecule has 4 rings (SSSR count). The molecule has 1 N–H and O–H groups in total. The first-order valence-electron chi connectivity index (χ1n) is 9.71. The molecular formula is C23H20ClN5O2. The Labute approximate surface area is 184 Å². The van der Waals surface area contributed by atoms with Gasteiger partial charge in [-0.1, -0.05) is 53.2 Å². The number of hydrogen-bond donors (Lipinski definition) is 1. The number of nitrogens with zero attached hydrogens (tertiary/aromatic N) is 4. The fourth-order valence-electron chi connectivity index (χ4n) is 3.00. The van der Waals surface area contributed by atoms with Gasteiger partial charge in [-0.25, -0.2) is 10.1 Å². The zero-order valence-corrected chi connectivity index (χ0v) is 17.5. The van der Waals surface area contributed by atoms with Gasteiger partial charge in [-0.15, -0.1) is 5.10 Å². The second-order valence-electron chi connectivity index (χ2n) is 6.89. The normalized spacial score (nSPS) is 12.2. The van der Waals surface area contributed by atoms with Crippen LogP contribution in [0.5, 0.6) is 5.75 Å². The maximum Gasteiger partial charge on any atom is 0.264 e. The average Bonchev–Trinajstić information content (AvgIpc) is 3.23. The maximum atomic E-state index is 12.5. The van der Waals surface area contributed by atoms with Crippen molar-refractivity contribution >= 4 is 34.8 Å². The number of benzene rings is 3. The van der Waals surface area contributed by atoms with E-state index in [4.69, 9.17) is 16.3 Å². The second kappa shape index (κ2) is 9.40. The summed E-state index contributed by atoms with van der Waals surface area (Å²) in [7, 11) is 0. The van der Waals surface area contributed by atoms with Gasteiger partial charge in [-0.3, -0.25) is 4.79 Å². The Morgan fingerprint density at radius 2 is 1.87 bits per heavy atom. The average molecular weight is 434 g/mol. The molecule has 3 aromatic carbocycles. The van der Waals surface area contributed by atoms with E-state index >= 15 is 0 Å². The Balaban J connectivity index is 1.40. The molecule has 7 nitrogen and oxygen atoms in total. The number of amides is 1. The molecule has 0 saturated carbocycles. The number of fused-ring (bicyclic) bond motifs is 1. The lowest BCUT2D eigenvalue weighted by Crippen LogP contribution is -2.28. The van der Waals surface area contributed by atoms with Crippen molar-refractivity contribution in [3.8, 4) is 5.75 Å². The van der Waals surface area contributed by atoms with Crippen molar-refractivity contribution in [2.75, 3.05) is 0 Å². The van der Waals surface area contributed by atoms with Crippen LogP contribution in [0, 0.1) is 0 Å². The molecule has 1 unspecified atom stereocenters. The second-order valence-corrected chi connectivity index (χ2v) is 7.32. The summed E-state index contributed by atoms with van der Waals surface area (Å²) in [5.41, 5.74) is 5.83. The van der Waals surface area contributed by atoms with Crippen LogP contribution in [0.3, 0.4) is 0 Å². The quantitative estimate of drug-likeness (QED) is 0.346. The van der Waals surface area contributed by atoms with Crippen molar-refractivity contribution < 1.29 is 9.53 Å². The van der Waals surface area contributed by atoms with Crippen LogP contribution in [-0.2, 0) is 11.4 Å². The molecule has 0 aliphatic carbocycles. The van der Waals surface area contributed by atoms with Crippen LogP contribution in [0.4, 0.5) is 0 Å². The first-order chi connectivity index (χ1) is 15.1. The lowest BCUT2D eigenvalue weighted by atomic mass is 10.2. The van der Waals surface area contributed by atoms with Gasteiger partial charge < -0.3 is 4.74 Å². The van der Waals surface area contributed by atoms with Crippen LogP contribution in [0.15, 0.2) is 77.9 Å². The summed E-state index contributed by atoms with van der Waals surface area (Å²) in [4.78, 5) is 12.5. The van der Waals surface area contributed by atoms with Crippen molar-refractivity contribution in [1.29, 1.82) is 0 Å².